The zero-order valence-electron chi connectivity index (χ0n) is 16.1. The number of methoxy groups -OCH3 is 1. The number of aliphatic hydroxyl groups excluding tert-OH is 1. The number of aryl methyl sites for hydroxylation is 1. The molecule has 0 unspecified atom stereocenters. The number of aliphatic hydroxyl groups is 1. The van der Waals surface area contributed by atoms with Gasteiger partial charge in [0.2, 0.25) is 5.95 Å². The fourth-order valence-electron chi connectivity index (χ4n) is 3.11. The van der Waals surface area contributed by atoms with E-state index < -0.39 is 0 Å². The molecule has 29 heavy (non-hydrogen) atoms. The van der Waals surface area contributed by atoms with Gasteiger partial charge in [0.1, 0.15) is 28.2 Å². The third-order valence-electron chi connectivity index (χ3n) is 4.47. The molecule has 150 valence electrons. The molecule has 4 rings (SSSR count). The van der Waals surface area contributed by atoms with Crippen LogP contribution in [-0.4, -0.2) is 37.1 Å². The molecule has 10 heteroatoms. The normalized spacial score (nSPS) is 11.1. The number of fused-ring (bicyclic) bond motifs is 1. The van der Waals surface area contributed by atoms with E-state index in [-0.39, 0.29) is 12.6 Å². The maximum Gasteiger partial charge on any atom is 0.222 e. The maximum absolute atomic E-state index is 9.34. The second-order valence-electron chi connectivity index (χ2n) is 6.55. The Morgan fingerprint density at radius 3 is 2.86 bits per heavy atom. The Morgan fingerprint density at radius 1 is 1.28 bits per heavy atom. The lowest BCUT2D eigenvalue weighted by molar-refractivity contribution is 0.281. The zero-order valence-corrected chi connectivity index (χ0v) is 16.1. The van der Waals surface area contributed by atoms with Gasteiger partial charge in [0.25, 0.3) is 0 Å². The van der Waals surface area contributed by atoms with Crippen molar-refractivity contribution in [2.75, 3.05) is 18.2 Å². The van der Waals surface area contributed by atoms with Gasteiger partial charge in [-0.25, -0.2) is 4.98 Å². The molecule has 1 aromatic carbocycles. The van der Waals surface area contributed by atoms with Crippen LogP contribution in [-0.2, 0) is 19.7 Å². The zero-order chi connectivity index (χ0) is 20.4. The fourth-order valence-corrected chi connectivity index (χ4v) is 3.11. The van der Waals surface area contributed by atoms with Crippen LogP contribution in [0.5, 0.6) is 5.75 Å². The molecular weight excluding hydrogens is 374 g/mol. The molecule has 0 fully saturated rings. The van der Waals surface area contributed by atoms with Crippen LogP contribution < -0.4 is 15.8 Å². The molecule has 0 radical (unpaired) electrons. The average molecular weight is 395 g/mol. The van der Waals surface area contributed by atoms with E-state index in [4.69, 9.17) is 15.0 Å². The van der Waals surface area contributed by atoms with Crippen LogP contribution >= 0.6 is 0 Å². The van der Waals surface area contributed by atoms with Gasteiger partial charge in [0.15, 0.2) is 5.82 Å². The first-order valence-electron chi connectivity index (χ1n) is 8.99. The van der Waals surface area contributed by atoms with Crippen LogP contribution in [0.1, 0.15) is 22.6 Å². The highest BCUT2D eigenvalue weighted by Gasteiger charge is 2.15. The van der Waals surface area contributed by atoms with Crippen LogP contribution in [0.3, 0.4) is 0 Å². The van der Waals surface area contributed by atoms with E-state index in [0.717, 1.165) is 22.6 Å². The first kappa shape index (κ1) is 18.7. The highest BCUT2D eigenvalue weighted by Crippen LogP contribution is 2.26. The second-order valence-corrected chi connectivity index (χ2v) is 6.55. The Hall–Kier alpha value is -3.66. The molecule has 4 N–H and O–H groups in total. The Bertz CT molecular complexity index is 1150. The van der Waals surface area contributed by atoms with Gasteiger partial charge in [0, 0.05) is 11.6 Å². The molecule has 4 aromatic rings. The van der Waals surface area contributed by atoms with E-state index in [2.05, 4.69) is 25.5 Å². The minimum atomic E-state index is -0.0515. The average Bonchev–Trinajstić information content (AvgIpc) is 3.32. The summed E-state index contributed by atoms with van der Waals surface area (Å²) in [6.45, 7) is 2.64. The molecular formula is C19H21N7O3. The lowest BCUT2D eigenvalue weighted by Gasteiger charge is -2.12. The van der Waals surface area contributed by atoms with Crippen molar-refractivity contribution in [2.24, 2.45) is 0 Å². The molecule has 0 aliphatic carbocycles. The first-order valence-corrected chi connectivity index (χ1v) is 8.99. The summed E-state index contributed by atoms with van der Waals surface area (Å²) in [6.07, 6.45) is 1.65. The number of anilines is 2. The van der Waals surface area contributed by atoms with Gasteiger partial charge in [-0.15, -0.1) is 0 Å². The summed E-state index contributed by atoms with van der Waals surface area (Å²) in [5.41, 5.74) is 9.64. The number of nitrogens with one attached hydrogen (secondary N) is 1. The van der Waals surface area contributed by atoms with Gasteiger partial charge in [-0.05, 0) is 18.6 Å². The van der Waals surface area contributed by atoms with Gasteiger partial charge >= 0.3 is 0 Å². The Kier molecular flexibility index (Phi) is 5.00. The monoisotopic (exact) mass is 395 g/mol. The fraction of sp³-hybridized carbons (Fsp3) is 0.263. The maximum atomic E-state index is 9.34. The molecule has 0 amide bonds. The lowest BCUT2D eigenvalue weighted by Crippen LogP contribution is -2.09. The van der Waals surface area contributed by atoms with Crippen molar-refractivity contribution >= 4 is 22.8 Å². The predicted molar refractivity (Wildman–Crippen MR) is 106 cm³/mol. The number of nitrogens with zero attached hydrogens (tertiary/aromatic N) is 5. The van der Waals surface area contributed by atoms with Crippen LogP contribution in [0.4, 0.5) is 11.8 Å². The minimum Gasteiger partial charge on any atom is -0.496 e. The summed E-state index contributed by atoms with van der Waals surface area (Å²) in [5.74, 6) is 2.11. The molecule has 0 aliphatic heterocycles. The minimum absolute atomic E-state index is 0.0515. The number of ether oxygens (including phenoxy) is 1. The Balaban J connectivity index is 1.68. The molecule has 0 aliphatic rings. The van der Waals surface area contributed by atoms with Gasteiger partial charge in [-0.1, -0.05) is 17.3 Å². The summed E-state index contributed by atoms with van der Waals surface area (Å²) in [6, 6.07) is 7.41. The number of aromatic nitrogens is 5. The summed E-state index contributed by atoms with van der Waals surface area (Å²) in [4.78, 5) is 8.61. The molecule has 0 bridgehead atoms. The summed E-state index contributed by atoms with van der Waals surface area (Å²) < 4.78 is 12.3. The quantitative estimate of drug-likeness (QED) is 0.428. The summed E-state index contributed by atoms with van der Waals surface area (Å²) in [7, 11) is 1.60. The van der Waals surface area contributed by atoms with E-state index in [1.54, 1.807) is 18.0 Å². The molecule has 0 spiro atoms. The number of hydrogen-bond donors (Lipinski definition) is 3. The standard InChI is InChI=1S/C19H21N7O3/c1-11-5-14(25-29-11)7-21-18-17-15(23-19(20)24-18)8-22-26(17)9-13-4-3-12(10-27)6-16(13)28-2/h3-6,8,27H,7,9-10H2,1-2H3,(H3,20,21,23,24). The Labute approximate surface area is 166 Å². The highest BCUT2D eigenvalue weighted by molar-refractivity contribution is 5.86. The molecule has 3 heterocycles. The summed E-state index contributed by atoms with van der Waals surface area (Å²) in [5, 5.41) is 21.0. The van der Waals surface area contributed by atoms with Crippen LogP contribution in [0, 0.1) is 6.92 Å². The number of benzene rings is 1. The molecule has 0 atom stereocenters. The Morgan fingerprint density at radius 2 is 2.14 bits per heavy atom. The SMILES string of the molecule is COc1cc(CO)ccc1Cn1ncc2nc(N)nc(NCc3cc(C)on3)c21. The van der Waals surface area contributed by atoms with E-state index in [1.165, 1.54) is 0 Å². The lowest BCUT2D eigenvalue weighted by atomic mass is 10.1. The van der Waals surface area contributed by atoms with E-state index >= 15 is 0 Å². The largest absolute Gasteiger partial charge is 0.496 e. The van der Waals surface area contributed by atoms with Gasteiger partial charge in [0.05, 0.1) is 33.0 Å². The van der Waals surface area contributed by atoms with Crippen molar-refractivity contribution in [3.63, 3.8) is 0 Å². The van der Waals surface area contributed by atoms with Crippen molar-refractivity contribution < 1.29 is 14.4 Å². The summed E-state index contributed by atoms with van der Waals surface area (Å²) >= 11 is 0. The molecule has 10 nitrogen and oxygen atoms in total. The van der Waals surface area contributed by atoms with Crippen molar-refractivity contribution in [2.45, 2.75) is 26.6 Å². The second kappa shape index (κ2) is 7.76. The predicted octanol–water partition coefficient (Wildman–Crippen LogP) is 1.87. The number of hydrogen-bond acceptors (Lipinski definition) is 9. The van der Waals surface area contributed by atoms with Crippen LogP contribution in [0.25, 0.3) is 11.0 Å². The van der Waals surface area contributed by atoms with Gasteiger partial charge in [-0.2, -0.15) is 10.1 Å². The van der Waals surface area contributed by atoms with Crippen molar-refractivity contribution in [1.82, 2.24) is 24.9 Å². The topological polar surface area (TPSA) is 137 Å². The van der Waals surface area contributed by atoms with E-state index in [0.29, 0.717) is 35.7 Å². The van der Waals surface area contributed by atoms with E-state index in [9.17, 15) is 5.11 Å². The third-order valence-corrected chi connectivity index (χ3v) is 4.47. The van der Waals surface area contributed by atoms with Gasteiger partial charge in [-0.3, -0.25) is 4.68 Å². The van der Waals surface area contributed by atoms with Crippen molar-refractivity contribution in [1.29, 1.82) is 0 Å². The molecule has 0 saturated carbocycles. The third kappa shape index (κ3) is 3.83. The number of nitrogens with two attached hydrogens (primary N) is 1. The smallest absolute Gasteiger partial charge is 0.222 e. The molecule has 0 saturated heterocycles. The number of rotatable bonds is 7. The van der Waals surface area contributed by atoms with Crippen LogP contribution in [0.2, 0.25) is 0 Å². The first-order chi connectivity index (χ1) is 14.1. The number of nitrogen functional groups attached to an aromatic ring is 1. The van der Waals surface area contributed by atoms with E-state index in [1.807, 2.05) is 31.2 Å². The highest BCUT2D eigenvalue weighted by atomic mass is 16.5. The van der Waals surface area contributed by atoms with Crippen molar-refractivity contribution in [3.8, 4) is 5.75 Å². The van der Waals surface area contributed by atoms with Crippen molar-refractivity contribution in [3.05, 3.63) is 53.0 Å². The van der Waals surface area contributed by atoms with Gasteiger partial charge < -0.3 is 25.4 Å². The molecule has 3 aromatic heterocycles. The van der Waals surface area contributed by atoms with Crippen LogP contribution in [0.15, 0.2) is 35.0 Å².